The Morgan fingerprint density at radius 2 is 2.19 bits per heavy atom. The van der Waals surface area contributed by atoms with Gasteiger partial charge < -0.3 is 4.74 Å². The summed E-state index contributed by atoms with van der Waals surface area (Å²) in [6.45, 7) is 5.98. The minimum Gasteiger partial charge on any atom is -0.483 e. The quantitative estimate of drug-likeness (QED) is 0.871. The maximum atomic E-state index is 11.8. The summed E-state index contributed by atoms with van der Waals surface area (Å²) in [5, 5.41) is 12.0. The molecule has 0 atom stereocenters. The molecule has 0 aliphatic rings. The average Bonchev–Trinajstić information content (AvgIpc) is 2.86. The Hall–Kier alpha value is -1.47. The van der Waals surface area contributed by atoms with Crippen molar-refractivity contribution in [2.75, 3.05) is 11.9 Å². The van der Waals surface area contributed by atoms with Crippen LogP contribution in [0.15, 0.2) is 22.7 Å². The zero-order chi connectivity index (χ0) is 15.4. The number of benzene rings is 1. The summed E-state index contributed by atoms with van der Waals surface area (Å²) in [4.78, 5) is 11.8. The van der Waals surface area contributed by atoms with Crippen LogP contribution in [-0.4, -0.2) is 22.7 Å². The van der Waals surface area contributed by atoms with Crippen molar-refractivity contribution in [3.05, 3.63) is 33.2 Å². The fourth-order valence-electron chi connectivity index (χ4n) is 1.54. The van der Waals surface area contributed by atoms with Gasteiger partial charge in [-0.2, -0.15) is 0 Å². The molecule has 0 radical (unpaired) electrons. The molecule has 0 saturated heterocycles. The Kier molecular flexibility index (Phi) is 5.30. The number of aryl methyl sites for hydroxylation is 1. The standard InChI is InChI=1S/C14H16BrN3O2S/c1-8(2)13-17-18-14(21-13)16-12(19)7-20-11-5-4-9(3)6-10(11)15/h4-6,8H,7H2,1-3H3,(H,16,18,19). The first-order valence-corrected chi connectivity index (χ1v) is 8.09. The van der Waals surface area contributed by atoms with E-state index in [1.165, 1.54) is 11.3 Å². The number of hydrogen-bond donors (Lipinski definition) is 1. The highest BCUT2D eigenvalue weighted by molar-refractivity contribution is 9.10. The molecule has 2 aromatic rings. The maximum absolute atomic E-state index is 11.8. The van der Waals surface area contributed by atoms with Crippen LogP contribution in [0.1, 0.15) is 30.3 Å². The number of nitrogens with one attached hydrogen (secondary N) is 1. The lowest BCUT2D eigenvalue weighted by atomic mass is 10.2. The van der Waals surface area contributed by atoms with Crippen LogP contribution in [0.25, 0.3) is 0 Å². The number of hydrogen-bond acceptors (Lipinski definition) is 5. The normalized spacial score (nSPS) is 10.7. The Morgan fingerprint density at radius 1 is 1.43 bits per heavy atom. The van der Waals surface area contributed by atoms with Crippen LogP contribution in [0.4, 0.5) is 5.13 Å². The minimum absolute atomic E-state index is 0.0712. The van der Waals surface area contributed by atoms with E-state index in [1.54, 1.807) is 0 Å². The first-order valence-electron chi connectivity index (χ1n) is 6.48. The second-order valence-corrected chi connectivity index (χ2v) is 6.73. The Bertz CT molecular complexity index is 643. The van der Waals surface area contributed by atoms with Gasteiger partial charge in [0.1, 0.15) is 10.8 Å². The van der Waals surface area contributed by atoms with Crippen LogP contribution in [0.3, 0.4) is 0 Å². The van der Waals surface area contributed by atoms with Crippen molar-refractivity contribution in [3.63, 3.8) is 0 Å². The van der Waals surface area contributed by atoms with Crippen LogP contribution < -0.4 is 10.1 Å². The number of aromatic nitrogens is 2. The minimum atomic E-state index is -0.256. The first-order chi connectivity index (χ1) is 9.95. The van der Waals surface area contributed by atoms with Gasteiger partial charge >= 0.3 is 0 Å². The molecule has 0 saturated carbocycles. The van der Waals surface area contributed by atoms with E-state index >= 15 is 0 Å². The van der Waals surface area contributed by atoms with E-state index in [2.05, 4.69) is 31.4 Å². The topological polar surface area (TPSA) is 64.1 Å². The number of ether oxygens (including phenoxy) is 1. The fourth-order valence-corrected chi connectivity index (χ4v) is 2.91. The molecule has 5 nitrogen and oxygen atoms in total. The molecular formula is C14H16BrN3O2S. The van der Waals surface area contributed by atoms with Crippen LogP contribution in [-0.2, 0) is 4.79 Å². The third-order valence-corrected chi connectivity index (χ3v) is 4.39. The number of carbonyl (C=O) groups is 1. The second-order valence-electron chi connectivity index (χ2n) is 4.87. The second kappa shape index (κ2) is 7.00. The van der Waals surface area contributed by atoms with Crippen LogP contribution in [0.2, 0.25) is 0 Å². The molecule has 1 N–H and O–H groups in total. The molecule has 112 valence electrons. The molecule has 1 aromatic heterocycles. The number of anilines is 1. The van der Waals surface area contributed by atoms with Crippen molar-refractivity contribution in [3.8, 4) is 5.75 Å². The molecule has 0 aliphatic heterocycles. The summed E-state index contributed by atoms with van der Waals surface area (Å²) in [6.07, 6.45) is 0. The van der Waals surface area contributed by atoms with E-state index in [1.807, 2.05) is 39.0 Å². The van der Waals surface area contributed by atoms with Gasteiger partial charge in [-0.1, -0.05) is 31.3 Å². The number of carbonyl (C=O) groups excluding carboxylic acids is 1. The predicted molar refractivity (Wildman–Crippen MR) is 87.0 cm³/mol. The summed E-state index contributed by atoms with van der Waals surface area (Å²) < 4.78 is 6.30. The number of rotatable bonds is 5. The van der Waals surface area contributed by atoms with Gasteiger partial charge in [0.15, 0.2) is 6.61 Å². The molecule has 7 heteroatoms. The molecule has 0 fully saturated rings. The van der Waals surface area contributed by atoms with E-state index in [-0.39, 0.29) is 12.5 Å². The van der Waals surface area contributed by atoms with Crippen molar-refractivity contribution >= 4 is 38.3 Å². The first kappa shape index (κ1) is 15.9. The smallest absolute Gasteiger partial charge is 0.264 e. The fraction of sp³-hybridized carbons (Fsp3) is 0.357. The van der Waals surface area contributed by atoms with E-state index < -0.39 is 0 Å². The molecule has 0 aliphatic carbocycles. The van der Waals surface area contributed by atoms with Gasteiger partial charge in [0.2, 0.25) is 5.13 Å². The molecule has 0 spiro atoms. The lowest BCUT2D eigenvalue weighted by Crippen LogP contribution is -2.20. The zero-order valence-corrected chi connectivity index (χ0v) is 14.4. The molecular weight excluding hydrogens is 354 g/mol. The lowest BCUT2D eigenvalue weighted by molar-refractivity contribution is -0.118. The summed E-state index contributed by atoms with van der Waals surface area (Å²) >= 11 is 4.78. The number of amides is 1. The highest BCUT2D eigenvalue weighted by Gasteiger charge is 2.11. The Labute approximate surface area is 135 Å². The largest absolute Gasteiger partial charge is 0.483 e. The molecule has 1 amide bonds. The Balaban J connectivity index is 1.89. The van der Waals surface area contributed by atoms with Gasteiger partial charge in [-0.15, -0.1) is 10.2 Å². The van der Waals surface area contributed by atoms with Crippen molar-refractivity contribution in [2.45, 2.75) is 26.7 Å². The van der Waals surface area contributed by atoms with Crippen LogP contribution in [0.5, 0.6) is 5.75 Å². The summed E-state index contributed by atoms with van der Waals surface area (Å²) in [7, 11) is 0. The highest BCUT2D eigenvalue weighted by Crippen LogP contribution is 2.26. The molecule has 1 heterocycles. The van der Waals surface area contributed by atoms with Crippen molar-refractivity contribution in [2.24, 2.45) is 0 Å². The third-order valence-electron chi connectivity index (χ3n) is 2.63. The summed E-state index contributed by atoms with van der Waals surface area (Å²) in [5.74, 6) is 0.678. The van der Waals surface area contributed by atoms with Gasteiger partial charge in [0, 0.05) is 5.92 Å². The monoisotopic (exact) mass is 369 g/mol. The summed E-state index contributed by atoms with van der Waals surface area (Å²) in [6, 6.07) is 5.69. The van der Waals surface area contributed by atoms with Crippen molar-refractivity contribution in [1.82, 2.24) is 10.2 Å². The van der Waals surface area contributed by atoms with E-state index in [4.69, 9.17) is 4.74 Å². The van der Waals surface area contributed by atoms with Gasteiger partial charge in [0.05, 0.1) is 4.47 Å². The van der Waals surface area contributed by atoms with Gasteiger partial charge in [-0.25, -0.2) is 0 Å². The molecule has 0 bridgehead atoms. The molecule has 21 heavy (non-hydrogen) atoms. The molecule has 0 unspecified atom stereocenters. The van der Waals surface area contributed by atoms with E-state index in [9.17, 15) is 4.79 Å². The van der Waals surface area contributed by atoms with Crippen LogP contribution in [0, 0.1) is 6.92 Å². The highest BCUT2D eigenvalue weighted by atomic mass is 79.9. The van der Waals surface area contributed by atoms with Gasteiger partial charge in [-0.3, -0.25) is 10.1 Å². The zero-order valence-electron chi connectivity index (χ0n) is 12.0. The van der Waals surface area contributed by atoms with Gasteiger partial charge in [-0.05, 0) is 40.5 Å². The van der Waals surface area contributed by atoms with Gasteiger partial charge in [0.25, 0.3) is 5.91 Å². The number of nitrogens with zero attached hydrogens (tertiary/aromatic N) is 2. The van der Waals surface area contributed by atoms with E-state index in [0.29, 0.717) is 16.8 Å². The average molecular weight is 370 g/mol. The van der Waals surface area contributed by atoms with Crippen molar-refractivity contribution < 1.29 is 9.53 Å². The molecule has 1 aromatic carbocycles. The summed E-state index contributed by atoms with van der Waals surface area (Å²) in [5.41, 5.74) is 1.12. The Morgan fingerprint density at radius 3 is 2.81 bits per heavy atom. The lowest BCUT2D eigenvalue weighted by Gasteiger charge is -2.08. The van der Waals surface area contributed by atoms with Crippen molar-refractivity contribution in [1.29, 1.82) is 0 Å². The SMILES string of the molecule is Cc1ccc(OCC(=O)Nc2nnc(C(C)C)s2)c(Br)c1. The predicted octanol–water partition coefficient (Wildman–Crippen LogP) is 3.75. The third kappa shape index (κ3) is 4.50. The maximum Gasteiger partial charge on any atom is 0.264 e. The van der Waals surface area contributed by atoms with E-state index in [0.717, 1.165) is 15.0 Å². The van der Waals surface area contributed by atoms with Crippen LogP contribution >= 0.6 is 27.3 Å². The number of halogens is 1. The molecule has 2 rings (SSSR count).